The van der Waals surface area contributed by atoms with E-state index in [2.05, 4.69) is 25.9 Å². The summed E-state index contributed by atoms with van der Waals surface area (Å²) >= 11 is 0. The monoisotopic (exact) mass is 472 g/mol. The molecule has 3 rings (SSSR count). The Morgan fingerprint density at radius 1 is 1.03 bits per heavy atom. The molecule has 3 aromatic rings. The molecule has 0 aliphatic rings. The van der Waals surface area contributed by atoms with Crippen molar-refractivity contribution in [2.45, 2.75) is 6.54 Å². The summed E-state index contributed by atoms with van der Waals surface area (Å²) in [5.74, 6) is 0.124. The van der Waals surface area contributed by atoms with Crippen molar-refractivity contribution >= 4 is 33.3 Å². The molecule has 9 nitrogen and oxygen atoms in total. The van der Waals surface area contributed by atoms with Gasteiger partial charge in [-0.05, 0) is 42.0 Å². The van der Waals surface area contributed by atoms with E-state index >= 15 is 0 Å². The Morgan fingerprint density at radius 2 is 1.82 bits per heavy atom. The molecule has 0 saturated carbocycles. The molecule has 0 atom stereocenters. The van der Waals surface area contributed by atoms with Crippen LogP contribution in [0.4, 0.5) is 21.7 Å². The molecular weight excluding hydrogens is 447 g/mol. The molecule has 0 aliphatic carbocycles. The smallest absolute Gasteiger partial charge is 0.252 e. The standard InChI is InChI=1S/C22H25FN6O3S/c1-29(33(2,31)32)18-6-3-5-16(13-18)14-26-20-10-9-17(15-27-20)22(30)25-12-11-24-21-8-4-7-19(23)28-21/h3-10,13,15H,11-12,14H2,1-2H3,(H,24,28)(H,25,30)(H,26,27). The van der Waals surface area contributed by atoms with Crippen LogP contribution in [0.25, 0.3) is 0 Å². The number of nitrogens with zero attached hydrogens (tertiary/aromatic N) is 3. The Labute approximate surface area is 192 Å². The molecule has 2 aromatic heterocycles. The molecule has 0 radical (unpaired) electrons. The summed E-state index contributed by atoms with van der Waals surface area (Å²) < 4.78 is 37.7. The summed E-state index contributed by atoms with van der Waals surface area (Å²) in [6, 6.07) is 15.0. The fourth-order valence-corrected chi connectivity index (χ4v) is 3.35. The SMILES string of the molecule is CN(c1cccc(CNc2ccc(C(=O)NCCNc3cccc(F)n3)cn2)c1)S(C)(=O)=O. The Hall–Kier alpha value is -3.73. The Kier molecular flexibility index (Phi) is 7.78. The van der Waals surface area contributed by atoms with Gasteiger partial charge in [-0.15, -0.1) is 0 Å². The summed E-state index contributed by atoms with van der Waals surface area (Å²) in [4.78, 5) is 20.2. The second-order valence-corrected chi connectivity index (χ2v) is 9.23. The minimum Gasteiger partial charge on any atom is -0.368 e. The lowest BCUT2D eigenvalue weighted by molar-refractivity contribution is 0.0955. The van der Waals surface area contributed by atoms with E-state index in [1.54, 1.807) is 42.5 Å². The van der Waals surface area contributed by atoms with Crippen molar-refractivity contribution in [3.8, 4) is 0 Å². The first kappa shape index (κ1) is 23.9. The van der Waals surface area contributed by atoms with Gasteiger partial charge in [0.25, 0.3) is 5.91 Å². The molecule has 1 aromatic carbocycles. The Bertz CT molecular complexity index is 1200. The summed E-state index contributed by atoms with van der Waals surface area (Å²) in [7, 11) is -1.83. The van der Waals surface area contributed by atoms with Crippen LogP contribution in [-0.2, 0) is 16.6 Å². The van der Waals surface area contributed by atoms with Crippen molar-refractivity contribution in [2.75, 3.05) is 41.3 Å². The Morgan fingerprint density at radius 3 is 2.52 bits per heavy atom. The van der Waals surface area contributed by atoms with Crippen LogP contribution in [0.2, 0.25) is 0 Å². The number of hydrogen-bond donors (Lipinski definition) is 3. The van der Waals surface area contributed by atoms with E-state index in [4.69, 9.17) is 0 Å². The topological polar surface area (TPSA) is 116 Å². The first-order valence-electron chi connectivity index (χ1n) is 10.1. The molecule has 0 bridgehead atoms. The van der Waals surface area contributed by atoms with Crippen LogP contribution in [0.1, 0.15) is 15.9 Å². The number of aromatic nitrogens is 2. The van der Waals surface area contributed by atoms with Gasteiger partial charge in [-0.2, -0.15) is 4.39 Å². The van der Waals surface area contributed by atoms with E-state index in [1.807, 2.05) is 6.07 Å². The average Bonchev–Trinajstić information content (AvgIpc) is 2.80. The first-order chi connectivity index (χ1) is 15.7. The zero-order chi connectivity index (χ0) is 23.8. The van der Waals surface area contributed by atoms with Crippen molar-refractivity contribution < 1.29 is 17.6 Å². The number of halogens is 1. The molecule has 0 fully saturated rings. The van der Waals surface area contributed by atoms with Gasteiger partial charge in [0.15, 0.2) is 0 Å². The second-order valence-electron chi connectivity index (χ2n) is 7.21. The molecule has 0 spiro atoms. The molecule has 3 N–H and O–H groups in total. The van der Waals surface area contributed by atoms with Crippen LogP contribution in [-0.4, -0.2) is 50.7 Å². The van der Waals surface area contributed by atoms with Crippen LogP contribution >= 0.6 is 0 Å². The van der Waals surface area contributed by atoms with E-state index in [1.165, 1.54) is 23.6 Å². The van der Waals surface area contributed by atoms with E-state index in [0.29, 0.717) is 42.5 Å². The van der Waals surface area contributed by atoms with Crippen LogP contribution in [0.5, 0.6) is 0 Å². The van der Waals surface area contributed by atoms with Gasteiger partial charge in [0, 0.05) is 32.9 Å². The molecule has 0 aliphatic heterocycles. The zero-order valence-corrected chi connectivity index (χ0v) is 19.1. The average molecular weight is 473 g/mol. The third kappa shape index (κ3) is 7.14. The zero-order valence-electron chi connectivity index (χ0n) is 18.2. The molecule has 0 unspecified atom stereocenters. The van der Waals surface area contributed by atoms with Crippen molar-refractivity contribution in [3.63, 3.8) is 0 Å². The highest BCUT2D eigenvalue weighted by molar-refractivity contribution is 7.92. The normalized spacial score (nSPS) is 11.0. The summed E-state index contributed by atoms with van der Waals surface area (Å²) in [5.41, 5.74) is 1.85. The van der Waals surface area contributed by atoms with Crippen molar-refractivity contribution in [1.82, 2.24) is 15.3 Å². The van der Waals surface area contributed by atoms with Gasteiger partial charge in [0.2, 0.25) is 16.0 Å². The van der Waals surface area contributed by atoms with Crippen molar-refractivity contribution in [3.05, 3.63) is 77.9 Å². The number of pyridine rings is 2. The highest BCUT2D eigenvalue weighted by Gasteiger charge is 2.12. The lowest BCUT2D eigenvalue weighted by atomic mass is 10.2. The third-order valence-corrected chi connectivity index (χ3v) is 5.91. The van der Waals surface area contributed by atoms with Gasteiger partial charge >= 0.3 is 0 Å². The maximum absolute atomic E-state index is 13.0. The number of nitrogens with one attached hydrogen (secondary N) is 3. The lowest BCUT2D eigenvalue weighted by Crippen LogP contribution is -2.29. The molecule has 174 valence electrons. The molecule has 1 amide bonds. The fraction of sp³-hybridized carbons (Fsp3) is 0.227. The van der Waals surface area contributed by atoms with E-state index in [0.717, 1.165) is 11.8 Å². The van der Waals surface area contributed by atoms with Crippen LogP contribution in [0.3, 0.4) is 0 Å². The minimum atomic E-state index is -3.34. The van der Waals surface area contributed by atoms with Crippen molar-refractivity contribution in [2.24, 2.45) is 0 Å². The minimum absolute atomic E-state index is 0.278. The van der Waals surface area contributed by atoms with Gasteiger partial charge in [-0.3, -0.25) is 9.10 Å². The summed E-state index contributed by atoms with van der Waals surface area (Å²) in [6.07, 6.45) is 2.62. The van der Waals surface area contributed by atoms with Crippen LogP contribution in [0, 0.1) is 5.95 Å². The molecule has 33 heavy (non-hydrogen) atoms. The number of hydrogen-bond acceptors (Lipinski definition) is 7. The van der Waals surface area contributed by atoms with E-state index in [9.17, 15) is 17.6 Å². The molecule has 0 saturated heterocycles. The van der Waals surface area contributed by atoms with Crippen molar-refractivity contribution in [1.29, 1.82) is 0 Å². The number of carbonyl (C=O) groups excluding carboxylic acids is 1. The first-order valence-corrected chi connectivity index (χ1v) is 11.9. The number of sulfonamides is 1. The number of amides is 1. The maximum atomic E-state index is 13.0. The largest absolute Gasteiger partial charge is 0.368 e. The molecule has 11 heteroatoms. The highest BCUT2D eigenvalue weighted by atomic mass is 32.2. The Balaban J connectivity index is 1.47. The number of carbonyl (C=O) groups is 1. The van der Waals surface area contributed by atoms with E-state index < -0.39 is 16.0 Å². The van der Waals surface area contributed by atoms with Crippen LogP contribution in [0.15, 0.2) is 60.8 Å². The predicted molar refractivity (Wildman–Crippen MR) is 126 cm³/mol. The quantitative estimate of drug-likeness (QED) is 0.307. The number of anilines is 3. The molecular formula is C22H25FN6O3S. The molecule has 2 heterocycles. The van der Waals surface area contributed by atoms with Gasteiger partial charge in [-0.1, -0.05) is 18.2 Å². The predicted octanol–water partition coefficient (Wildman–Crippen LogP) is 2.47. The second kappa shape index (κ2) is 10.7. The fourth-order valence-electron chi connectivity index (χ4n) is 2.85. The number of rotatable bonds is 10. The van der Waals surface area contributed by atoms with Gasteiger partial charge < -0.3 is 16.0 Å². The summed E-state index contributed by atoms with van der Waals surface area (Å²) in [5, 5.41) is 8.83. The third-order valence-electron chi connectivity index (χ3n) is 4.70. The van der Waals surface area contributed by atoms with E-state index in [-0.39, 0.29) is 5.91 Å². The van der Waals surface area contributed by atoms with Gasteiger partial charge in [0.1, 0.15) is 11.6 Å². The summed E-state index contributed by atoms with van der Waals surface area (Å²) in [6.45, 7) is 1.15. The highest BCUT2D eigenvalue weighted by Crippen LogP contribution is 2.18. The lowest BCUT2D eigenvalue weighted by Gasteiger charge is -2.17. The van der Waals surface area contributed by atoms with Crippen LogP contribution < -0.4 is 20.3 Å². The maximum Gasteiger partial charge on any atom is 0.252 e. The number of benzene rings is 1. The van der Waals surface area contributed by atoms with Gasteiger partial charge in [-0.25, -0.2) is 18.4 Å². The van der Waals surface area contributed by atoms with Gasteiger partial charge in [0.05, 0.1) is 17.5 Å².